The van der Waals surface area contributed by atoms with Crippen molar-refractivity contribution < 1.29 is 14.7 Å². The molecule has 104 valence electrons. The molecule has 2 rings (SSSR count). The largest absolute Gasteiger partial charge is 0.480 e. The summed E-state index contributed by atoms with van der Waals surface area (Å²) in [5, 5.41) is 15.6. The molecule has 6 heteroatoms. The standard InChI is InChI=1S/C13H18N2O3S/c1-2-11(12(16)17)14-13(18)15(10-3-4-10)7-9-5-6-19-8-9/h5-6,8,10-11H,2-4,7H2,1H3,(H,14,18)(H,16,17)/t11-/m0/s1. The quantitative estimate of drug-likeness (QED) is 0.841. The molecule has 1 aromatic heterocycles. The second-order valence-corrected chi connectivity index (χ2v) is 5.52. The maximum absolute atomic E-state index is 12.2. The SMILES string of the molecule is CC[C@H](NC(=O)N(Cc1ccsc1)C1CC1)C(=O)O. The molecule has 1 fully saturated rings. The first-order chi connectivity index (χ1) is 9.11. The van der Waals surface area contributed by atoms with E-state index in [1.165, 1.54) is 0 Å². The third-order valence-electron chi connectivity index (χ3n) is 3.19. The molecular formula is C13H18N2O3S. The second kappa shape index (κ2) is 6.06. The fourth-order valence-electron chi connectivity index (χ4n) is 1.90. The van der Waals surface area contributed by atoms with Gasteiger partial charge in [-0.3, -0.25) is 0 Å². The molecule has 0 bridgehead atoms. The van der Waals surface area contributed by atoms with E-state index in [-0.39, 0.29) is 12.1 Å². The van der Waals surface area contributed by atoms with Crippen LogP contribution < -0.4 is 5.32 Å². The van der Waals surface area contributed by atoms with Crippen molar-refractivity contribution in [3.63, 3.8) is 0 Å². The molecule has 0 radical (unpaired) electrons. The van der Waals surface area contributed by atoms with Gasteiger partial charge < -0.3 is 15.3 Å². The van der Waals surface area contributed by atoms with E-state index >= 15 is 0 Å². The lowest BCUT2D eigenvalue weighted by Crippen LogP contribution is -2.48. The van der Waals surface area contributed by atoms with Crippen molar-refractivity contribution >= 4 is 23.3 Å². The summed E-state index contributed by atoms with van der Waals surface area (Å²) in [6.07, 6.45) is 2.39. The van der Waals surface area contributed by atoms with Gasteiger partial charge >= 0.3 is 12.0 Å². The van der Waals surface area contributed by atoms with Crippen LogP contribution in [0.5, 0.6) is 0 Å². The highest BCUT2D eigenvalue weighted by Gasteiger charge is 2.34. The number of nitrogens with zero attached hydrogens (tertiary/aromatic N) is 1. The van der Waals surface area contributed by atoms with Gasteiger partial charge in [-0.15, -0.1) is 0 Å². The lowest BCUT2D eigenvalue weighted by molar-refractivity contribution is -0.139. The van der Waals surface area contributed by atoms with Gasteiger partial charge in [-0.1, -0.05) is 6.92 Å². The predicted molar refractivity (Wildman–Crippen MR) is 73.1 cm³/mol. The van der Waals surface area contributed by atoms with Gasteiger partial charge in [0, 0.05) is 12.6 Å². The lowest BCUT2D eigenvalue weighted by Gasteiger charge is -2.24. The summed E-state index contributed by atoms with van der Waals surface area (Å²) >= 11 is 1.60. The van der Waals surface area contributed by atoms with Gasteiger partial charge in [0.1, 0.15) is 6.04 Å². The Morgan fingerprint density at radius 2 is 2.32 bits per heavy atom. The highest BCUT2D eigenvalue weighted by Crippen LogP contribution is 2.28. The van der Waals surface area contributed by atoms with Crippen molar-refractivity contribution in [2.45, 2.75) is 44.8 Å². The fourth-order valence-corrected chi connectivity index (χ4v) is 2.56. The zero-order valence-corrected chi connectivity index (χ0v) is 11.7. The first-order valence-electron chi connectivity index (χ1n) is 6.42. The number of carboxylic acids is 1. The Labute approximate surface area is 116 Å². The minimum atomic E-state index is -0.984. The smallest absolute Gasteiger partial charge is 0.326 e. The van der Waals surface area contributed by atoms with Crippen LogP contribution in [0.3, 0.4) is 0 Å². The van der Waals surface area contributed by atoms with E-state index in [1.807, 2.05) is 16.8 Å². The van der Waals surface area contributed by atoms with Gasteiger partial charge in [-0.2, -0.15) is 11.3 Å². The van der Waals surface area contributed by atoms with Gasteiger partial charge in [-0.05, 0) is 41.7 Å². The van der Waals surface area contributed by atoms with E-state index < -0.39 is 12.0 Å². The molecule has 1 atom stereocenters. The Hall–Kier alpha value is -1.56. The van der Waals surface area contributed by atoms with Gasteiger partial charge in [0.05, 0.1) is 0 Å². The molecule has 1 saturated carbocycles. The highest BCUT2D eigenvalue weighted by molar-refractivity contribution is 7.07. The summed E-state index contributed by atoms with van der Waals surface area (Å²) in [6, 6.07) is 1.16. The zero-order chi connectivity index (χ0) is 13.8. The summed E-state index contributed by atoms with van der Waals surface area (Å²) in [5.41, 5.74) is 1.09. The van der Waals surface area contributed by atoms with Crippen LogP contribution in [0.1, 0.15) is 31.7 Å². The number of carboxylic acid groups (broad SMARTS) is 1. The molecule has 1 aromatic rings. The Morgan fingerprint density at radius 1 is 1.58 bits per heavy atom. The average Bonchev–Trinajstić information content (AvgIpc) is 3.09. The maximum Gasteiger partial charge on any atom is 0.326 e. The second-order valence-electron chi connectivity index (χ2n) is 4.74. The van der Waals surface area contributed by atoms with Crippen LogP contribution >= 0.6 is 11.3 Å². The van der Waals surface area contributed by atoms with Gasteiger partial charge in [0.15, 0.2) is 0 Å². The van der Waals surface area contributed by atoms with Crippen LogP contribution in [0.15, 0.2) is 16.8 Å². The fraction of sp³-hybridized carbons (Fsp3) is 0.538. The van der Waals surface area contributed by atoms with E-state index in [1.54, 1.807) is 23.2 Å². The third-order valence-corrected chi connectivity index (χ3v) is 3.92. The lowest BCUT2D eigenvalue weighted by atomic mass is 10.2. The molecule has 0 spiro atoms. The van der Waals surface area contributed by atoms with E-state index in [2.05, 4.69) is 5.32 Å². The number of aliphatic carboxylic acids is 1. The van der Waals surface area contributed by atoms with Crippen molar-refractivity contribution in [1.82, 2.24) is 10.2 Å². The Kier molecular flexibility index (Phi) is 4.42. The molecule has 1 aliphatic carbocycles. The monoisotopic (exact) mass is 282 g/mol. The normalized spacial score (nSPS) is 15.8. The topological polar surface area (TPSA) is 69.6 Å². The molecule has 5 nitrogen and oxygen atoms in total. The number of amides is 2. The van der Waals surface area contributed by atoms with Crippen LogP contribution in [-0.4, -0.2) is 34.1 Å². The van der Waals surface area contributed by atoms with Crippen molar-refractivity contribution in [2.24, 2.45) is 0 Å². The number of hydrogen-bond donors (Lipinski definition) is 2. The first kappa shape index (κ1) is 13.9. The predicted octanol–water partition coefficient (Wildman–Crippen LogP) is 2.29. The van der Waals surface area contributed by atoms with Crippen LogP contribution in [0.25, 0.3) is 0 Å². The van der Waals surface area contributed by atoms with E-state index in [4.69, 9.17) is 5.11 Å². The molecule has 2 N–H and O–H groups in total. The summed E-state index contributed by atoms with van der Waals surface area (Å²) in [7, 11) is 0. The molecular weight excluding hydrogens is 264 g/mol. The number of carbonyl (C=O) groups is 2. The molecule has 0 aliphatic heterocycles. The molecule has 0 aromatic carbocycles. The number of nitrogens with one attached hydrogen (secondary N) is 1. The summed E-state index contributed by atoms with van der Waals surface area (Å²) < 4.78 is 0. The van der Waals surface area contributed by atoms with Crippen LogP contribution in [0.4, 0.5) is 4.79 Å². The molecule has 1 aliphatic rings. The number of hydrogen-bond acceptors (Lipinski definition) is 3. The zero-order valence-electron chi connectivity index (χ0n) is 10.8. The van der Waals surface area contributed by atoms with Crippen LogP contribution in [-0.2, 0) is 11.3 Å². The average molecular weight is 282 g/mol. The molecule has 0 unspecified atom stereocenters. The number of thiophene rings is 1. The molecule has 1 heterocycles. The third kappa shape index (κ3) is 3.70. The van der Waals surface area contributed by atoms with Crippen molar-refractivity contribution in [3.05, 3.63) is 22.4 Å². The molecule has 0 saturated heterocycles. The van der Waals surface area contributed by atoms with Crippen LogP contribution in [0.2, 0.25) is 0 Å². The molecule has 19 heavy (non-hydrogen) atoms. The summed E-state index contributed by atoms with van der Waals surface area (Å²) in [6.45, 7) is 2.30. The van der Waals surface area contributed by atoms with Gasteiger partial charge in [-0.25, -0.2) is 9.59 Å². The Morgan fingerprint density at radius 3 is 2.79 bits per heavy atom. The van der Waals surface area contributed by atoms with Crippen molar-refractivity contribution in [1.29, 1.82) is 0 Å². The first-order valence-corrected chi connectivity index (χ1v) is 7.37. The van der Waals surface area contributed by atoms with E-state index in [0.717, 1.165) is 18.4 Å². The van der Waals surface area contributed by atoms with Gasteiger partial charge in [0.25, 0.3) is 0 Å². The van der Waals surface area contributed by atoms with E-state index in [0.29, 0.717) is 13.0 Å². The number of urea groups is 1. The molecule has 2 amide bonds. The maximum atomic E-state index is 12.2. The summed E-state index contributed by atoms with van der Waals surface area (Å²) in [4.78, 5) is 24.9. The van der Waals surface area contributed by atoms with E-state index in [9.17, 15) is 9.59 Å². The van der Waals surface area contributed by atoms with Crippen molar-refractivity contribution in [2.75, 3.05) is 0 Å². The van der Waals surface area contributed by atoms with Crippen LogP contribution in [0, 0.1) is 0 Å². The van der Waals surface area contributed by atoms with Crippen molar-refractivity contribution in [3.8, 4) is 0 Å². The summed E-state index contributed by atoms with van der Waals surface area (Å²) in [5.74, 6) is -0.984. The minimum Gasteiger partial charge on any atom is -0.480 e. The van der Waals surface area contributed by atoms with Gasteiger partial charge in [0.2, 0.25) is 0 Å². The minimum absolute atomic E-state index is 0.256. The number of rotatable bonds is 6. The Bertz CT molecular complexity index is 443. The number of carbonyl (C=O) groups excluding carboxylic acids is 1. The Balaban J connectivity index is 1.98. The highest BCUT2D eigenvalue weighted by atomic mass is 32.1.